The zero-order valence-corrected chi connectivity index (χ0v) is 32.5. The van der Waals surface area contributed by atoms with Crippen LogP contribution in [0.3, 0.4) is 0 Å². The molecule has 57 heavy (non-hydrogen) atoms. The Kier molecular flexibility index (Phi) is 7.24. The van der Waals surface area contributed by atoms with Gasteiger partial charge in [-0.2, -0.15) is 9.97 Å². The maximum Gasteiger partial charge on any atom is 0.238 e. The first-order valence-electron chi connectivity index (χ1n) is 19.8. The Hall–Kier alpha value is -6.85. The summed E-state index contributed by atoms with van der Waals surface area (Å²) in [5.41, 5.74) is 13.0. The van der Waals surface area contributed by atoms with Crippen molar-refractivity contribution in [2.75, 3.05) is 0 Å². The average molecular weight is 736 g/mol. The molecule has 1 aliphatic carbocycles. The van der Waals surface area contributed by atoms with Crippen molar-refractivity contribution in [1.82, 2.24) is 24.1 Å². The summed E-state index contributed by atoms with van der Waals surface area (Å²) in [7, 11) is 0. The Morgan fingerprint density at radius 3 is 1.61 bits per heavy atom. The van der Waals surface area contributed by atoms with E-state index in [0.717, 1.165) is 45.1 Å². The molecule has 0 radical (unpaired) electrons. The molecule has 0 bridgehead atoms. The van der Waals surface area contributed by atoms with Crippen LogP contribution in [0.25, 0.3) is 89.2 Å². The first kappa shape index (κ1) is 33.5. The van der Waals surface area contributed by atoms with E-state index >= 15 is 0 Å². The third-order valence-corrected chi connectivity index (χ3v) is 12.2. The highest BCUT2D eigenvalue weighted by Crippen LogP contribution is 2.50. The van der Waals surface area contributed by atoms with Gasteiger partial charge in [0.05, 0.1) is 22.1 Å². The Balaban J connectivity index is 1.18. The van der Waals surface area contributed by atoms with E-state index in [2.05, 4.69) is 176 Å². The van der Waals surface area contributed by atoms with Crippen molar-refractivity contribution in [2.45, 2.75) is 44.9 Å². The highest BCUT2D eigenvalue weighted by molar-refractivity contribution is 6.28. The van der Waals surface area contributed by atoms with Crippen LogP contribution in [0.1, 0.15) is 45.2 Å². The molecule has 1 aliphatic rings. The average Bonchev–Trinajstić information content (AvgIpc) is 3.83. The van der Waals surface area contributed by atoms with Crippen LogP contribution in [0, 0.1) is 0 Å². The van der Waals surface area contributed by atoms with Gasteiger partial charge < -0.3 is 4.57 Å². The highest BCUT2D eigenvalue weighted by Gasteiger charge is 2.42. The molecule has 0 aliphatic heterocycles. The summed E-state index contributed by atoms with van der Waals surface area (Å²) in [6.07, 6.45) is 1.13. The molecule has 11 rings (SSSR count). The monoisotopic (exact) mass is 735 g/mol. The van der Waals surface area contributed by atoms with E-state index in [1.54, 1.807) is 0 Å². The summed E-state index contributed by atoms with van der Waals surface area (Å²) in [6, 6.07) is 58.4. The zero-order valence-electron chi connectivity index (χ0n) is 32.5. The lowest BCUT2D eigenvalue weighted by molar-refractivity contribution is 0.403. The van der Waals surface area contributed by atoms with Crippen LogP contribution in [0.5, 0.6) is 0 Å². The van der Waals surface area contributed by atoms with Crippen molar-refractivity contribution in [3.05, 3.63) is 175 Å². The smallest absolute Gasteiger partial charge is 0.238 e. The molecular formula is C52H41N5. The van der Waals surface area contributed by atoms with E-state index in [1.807, 2.05) is 24.3 Å². The molecule has 5 heteroatoms. The van der Waals surface area contributed by atoms with Crippen LogP contribution in [0.4, 0.5) is 0 Å². The maximum atomic E-state index is 5.30. The normalized spacial score (nSPS) is 14.5. The lowest BCUT2D eigenvalue weighted by atomic mass is 9.82. The number of fused-ring (bicyclic) bond motifs is 8. The summed E-state index contributed by atoms with van der Waals surface area (Å²) >= 11 is 0. The zero-order chi connectivity index (χ0) is 38.5. The lowest BCUT2D eigenvalue weighted by Crippen LogP contribution is -2.18. The summed E-state index contributed by atoms with van der Waals surface area (Å²) in [4.78, 5) is 15.6. The fourth-order valence-electron chi connectivity index (χ4n) is 9.91. The van der Waals surface area contributed by atoms with Gasteiger partial charge in [-0.1, -0.05) is 149 Å². The Morgan fingerprint density at radius 1 is 0.404 bits per heavy atom. The maximum absolute atomic E-state index is 5.30. The van der Waals surface area contributed by atoms with E-state index in [0.29, 0.717) is 17.6 Å². The second-order valence-electron chi connectivity index (χ2n) is 16.8. The third kappa shape index (κ3) is 5.19. The molecule has 0 fully saturated rings. The van der Waals surface area contributed by atoms with Gasteiger partial charge in [0, 0.05) is 38.4 Å². The molecule has 10 aromatic rings. The van der Waals surface area contributed by atoms with Gasteiger partial charge in [0.25, 0.3) is 0 Å². The Labute approximate surface area is 331 Å². The van der Waals surface area contributed by atoms with Gasteiger partial charge in [-0.15, -0.1) is 0 Å². The van der Waals surface area contributed by atoms with Crippen LogP contribution in [0.2, 0.25) is 0 Å². The molecule has 3 aromatic heterocycles. The van der Waals surface area contributed by atoms with E-state index < -0.39 is 0 Å². The fraction of sp³-hybridized carbons (Fsp3) is 0.135. The molecule has 274 valence electrons. The van der Waals surface area contributed by atoms with E-state index in [4.69, 9.17) is 15.0 Å². The molecule has 0 unspecified atom stereocenters. The van der Waals surface area contributed by atoms with Crippen molar-refractivity contribution >= 4 is 43.6 Å². The van der Waals surface area contributed by atoms with Crippen molar-refractivity contribution in [3.8, 4) is 45.5 Å². The van der Waals surface area contributed by atoms with Gasteiger partial charge in [0.15, 0.2) is 11.6 Å². The Morgan fingerprint density at radius 2 is 0.930 bits per heavy atom. The quantitative estimate of drug-likeness (QED) is 0.177. The molecule has 0 saturated heterocycles. The molecule has 0 amide bonds. The summed E-state index contributed by atoms with van der Waals surface area (Å²) in [5, 5.41) is 4.80. The van der Waals surface area contributed by atoms with E-state index in [-0.39, 0.29) is 10.8 Å². The Bertz CT molecular complexity index is 3200. The topological polar surface area (TPSA) is 48.5 Å². The lowest BCUT2D eigenvalue weighted by Gasteiger charge is -2.22. The van der Waals surface area contributed by atoms with Crippen molar-refractivity contribution in [2.24, 2.45) is 0 Å². The number of benzene rings is 7. The minimum atomic E-state index is 0.0964. The minimum Gasteiger partial charge on any atom is -0.309 e. The molecule has 0 spiro atoms. The first-order chi connectivity index (χ1) is 27.7. The fourth-order valence-corrected chi connectivity index (χ4v) is 9.91. The summed E-state index contributed by atoms with van der Waals surface area (Å²) in [5.74, 6) is 1.84. The minimum absolute atomic E-state index is 0.0964. The molecule has 0 N–H and O–H groups in total. The van der Waals surface area contributed by atoms with Gasteiger partial charge in [-0.3, -0.25) is 4.57 Å². The van der Waals surface area contributed by atoms with Crippen LogP contribution in [-0.2, 0) is 10.8 Å². The van der Waals surface area contributed by atoms with Gasteiger partial charge in [-0.05, 0) is 82.0 Å². The second kappa shape index (κ2) is 12.3. The van der Waals surface area contributed by atoms with Crippen LogP contribution < -0.4 is 0 Å². The molecule has 0 atom stereocenters. The first-order valence-corrected chi connectivity index (χ1v) is 19.8. The number of hydrogen-bond donors (Lipinski definition) is 0. The number of nitrogens with zero attached hydrogens (tertiary/aromatic N) is 5. The molecule has 5 nitrogen and oxygen atoms in total. The summed E-state index contributed by atoms with van der Waals surface area (Å²) < 4.78 is 4.70. The van der Waals surface area contributed by atoms with E-state index in [9.17, 15) is 0 Å². The number of rotatable bonds is 5. The number of para-hydroxylation sites is 2. The largest absolute Gasteiger partial charge is 0.309 e. The van der Waals surface area contributed by atoms with Crippen molar-refractivity contribution in [3.63, 3.8) is 0 Å². The molecule has 3 heterocycles. The molecule has 7 aromatic carbocycles. The van der Waals surface area contributed by atoms with Gasteiger partial charge in [-0.25, -0.2) is 4.98 Å². The van der Waals surface area contributed by atoms with Crippen molar-refractivity contribution < 1.29 is 0 Å². The predicted molar refractivity (Wildman–Crippen MR) is 235 cm³/mol. The third-order valence-electron chi connectivity index (χ3n) is 12.2. The van der Waals surface area contributed by atoms with Gasteiger partial charge >= 0.3 is 0 Å². The van der Waals surface area contributed by atoms with Crippen LogP contribution in [0.15, 0.2) is 164 Å². The van der Waals surface area contributed by atoms with Gasteiger partial charge in [0.2, 0.25) is 5.95 Å². The number of hydrogen-bond acceptors (Lipinski definition) is 3. The van der Waals surface area contributed by atoms with Crippen LogP contribution in [-0.4, -0.2) is 24.1 Å². The highest BCUT2D eigenvalue weighted by atomic mass is 15.2. The molecular weight excluding hydrogens is 695 g/mol. The van der Waals surface area contributed by atoms with Crippen molar-refractivity contribution in [1.29, 1.82) is 0 Å². The standard InChI is InChI=1S/C52H41N5/c1-51(2)32-52(3,4)41-31-37(26-27-40(41)51)56-42-24-13-11-22-38(42)46-44(56)28-29-45-47(46)39-23-12-14-25-43(39)57(45)50-54-48(34-18-9-6-10-19-34)53-49(55-50)36-21-15-20-35(30-36)33-16-7-5-8-17-33/h5-31H,32H2,1-4H3. The summed E-state index contributed by atoms with van der Waals surface area (Å²) in [6.45, 7) is 9.55. The van der Waals surface area contributed by atoms with E-state index in [1.165, 1.54) is 44.0 Å². The molecule has 0 saturated carbocycles. The predicted octanol–water partition coefficient (Wildman–Crippen LogP) is 13.0. The van der Waals surface area contributed by atoms with Crippen LogP contribution >= 0.6 is 0 Å². The number of aromatic nitrogens is 5. The van der Waals surface area contributed by atoms with Gasteiger partial charge in [0.1, 0.15) is 0 Å². The second-order valence-corrected chi connectivity index (χ2v) is 16.8. The SMILES string of the molecule is CC1(C)CC(C)(C)c2cc(-n3c4ccccc4c4c5c6ccccc6n(-c6nc(-c7ccccc7)nc(-c7cccc(-c8ccccc8)c7)n6)c5ccc43)ccc21.